The maximum Gasteiger partial charge on any atom is 0.407 e. The number of ether oxygens (including phenoxy) is 1. The van der Waals surface area contributed by atoms with Crippen molar-refractivity contribution in [2.75, 3.05) is 12.8 Å². The Balaban J connectivity index is 1.92. The summed E-state index contributed by atoms with van der Waals surface area (Å²) < 4.78 is 32.7. The fourth-order valence-electron chi connectivity index (χ4n) is 2.54. The van der Waals surface area contributed by atoms with Crippen molar-refractivity contribution in [2.24, 2.45) is 0 Å². The maximum atomic E-state index is 14.1. The summed E-state index contributed by atoms with van der Waals surface area (Å²) in [6.45, 7) is 2.16. The van der Waals surface area contributed by atoms with Gasteiger partial charge in [-0.15, -0.1) is 9.90 Å². The van der Waals surface area contributed by atoms with Crippen molar-refractivity contribution in [3.05, 3.63) is 59.3 Å². The number of nitrogens with two attached hydrogens (primary N) is 1. The van der Waals surface area contributed by atoms with E-state index in [4.69, 9.17) is 5.73 Å². The molecule has 0 saturated heterocycles. The van der Waals surface area contributed by atoms with Gasteiger partial charge in [0.1, 0.15) is 5.69 Å². The maximum absolute atomic E-state index is 14.1. The molecule has 3 rings (SSSR count). The molecule has 0 spiro atoms. The van der Waals surface area contributed by atoms with Crippen LogP contribution in [0, 0.1) is 18.6 Å². The number of nitrogens with zero attached hydrogens (tertiary/aromatic N) is 3. The number of carbonyl (C=O) groups is 1. The van der Waals surface area contributed by atoms with Crippen molar-refractivity contribution in [3.63, 3.8) is 0 Å². The van der Waals surface area contributed by atoms with Crippen LogP contribution in [0.4, 0.5) is 19.3 Å². The van der Waals surface area contributed by atoms with Gasteiger partial charge in [-0.3, -0.25) is 0 Å². The van der Waals surface area contributed by atoms with Crippen molar-refractivity contribution in [2.45, 2.75) is 13.5 Å². The highest BCUT2D eigenvalue weighted by Crippen LogP contribution is 2.23. The molecule has 0 bridgehead atoms. The summed E-state index contributed by atoms with van der Waals surface area (Å²) in [5, 5.41) is 10.7. The van der Waals surface area contributed by atoms with Crippen molar-refractivity contribution < 1.29 is 18.3 Å². The first-order valence-electron chi connectivity index (χ1n) is 7.98. The van der Waals surface area contributed by atoms with E-state index in [0.29, 0.717) is 11.3 Å². The van der Waals surface area contributed by atoms with Gasteiger partial charge >= 0.3 is 6.09 Å². The summed E-state index contributed by atoms with van der Waals surface area (Å²) in [6.07, 6.45) is 0.859. The number of hydrogen-bond donors (Lipinski definition) is 2. The number of nitrogen functional groups attached to an aromatic ring is 1. The van der Waals surface area contributed by atoms with Crippen molar-refractivity contribution in [1.82, 2.24) is 20.3 Å². The Morgan fingerprint density at radius 2 is 1.96 bits per heavy atom. The van der Waals surface area contributed by atoms with Gasteiger partial charge in [-0.25, -0.2) is 13.6 Å². The van der Waals surface area contributed by atoms with Crippen LogP contribution >= 0.6 is 0 Å². The summed E-state index contributed by atoms with van der Waals surface area (Å²) >= 11 is 0. The van der Waals surface area contributed by atoms with Crippen LogP contribution in [0.1, 0.15) is 11.1 Å². The Hall–Kier alpha value is -3.49. The van der Waals surface area contributed by atoms with Gasteiger partial charge in [0.25, 0.3) is 0 Å². The zero-order chi connectivity index (χ0) is 19.6. The van der Waals surface area contributed by atoms with Crippen LogP contribution in [-0.2, 0) is 11.3 Å². The minimum absolute atomic E-state index is 0.0255. The highest BCUT2D eigenvalue weighted by Gasteiger charge is 2.16. The van der Waals surface area contributed by atoms with Gasteiger partial charge in [0.05, 0.1) is 13.3 Å². The standard InChI is InChI=1S/C18H17F2N5O2/c1-10-3-4-11(5-12(10)8-22-18(26)27-2)16-9-23-25(24-16)17-14(19)6-13(21)7-15(17)20/h3-7,9H,8,21H2,1-2H3,(H,22,26). The van der Waals surface area contributed by atoms with Gasteiger partial charge in [-0.1, -0.05) is 12.1 Å². The zero-order valence-electron chi connectivity index (χ0n) is 14.7. The summed E-state index contributed by atoms with van der Waals surface area (Å²) in [7, 11) is 1.28. The van der Waals surface area contributed by atoms with E-state index in [0.717, 1.165) is 28.1 Å². The zero-order valence-corrected chi connectivity index (χ0v) is 14.7. The lowest BCUT2D eigenvalue weighted by Crippen LogP contribution is -2.22. The molecule has 9 heteroatoms. The molecule has 1 aromatic heterocycles. The number of halogens is 2. The lowest BCUT2D eigenvalue weighted by molar-refractivity contribution is 0.170. The number of aromatic nitrogens is 3. The molecule has 2 aromatic carbocycles. The highest BCUT2D eigenvalue weighted by atomic mass is 19.1. The molecule has 27 heavy (non-hydrogen) atoms. The van der Waals surface area contributed by atoms with E-state index in [9.17, 15) is 13.6 Å². The smallest absolute Gasteiger partial charge is 0.407 e. The first-order chi connectivity index (χ1) is 12.9. The summed E-state index contributed by atoms with van der Waals surface area (Å²) in [5.74, 6) is -1.72. The molecule has 7 nitrogen and oxygen atoms in total. The number of carbonyl (C=O) groups excluding carboxylic acids is 1. The topological polar surface area (TPSA) is 95.1 Å². The molecule has 1 heterocycles. The number of benzene rings is 2. The minimum Gasteiger partial charge on any atom is -0.453 e. The molecule has 0 fully saturated rings. The summed E-state index contributed by atoms with van der Waals surface area (Å²) in [6, 6.07) is 7.48. The third kappa shape index (κ3) is 3.86. The molecular weight excluding hydrogens is 356 g/mol. The molecule has 0 aliphatic rings. The number of nitrogens with one attached hydrogen (secondary N) is 1. The number of amides is 1. The lowest BCUT2D eigenvalue weighted by atomic mass is 10.0. The van der Waals surface area contributed by atoms with E-state index in [2.05, 4.69) is 20.3 Å². The number of hydrogen-bond acceptors (Lipinski definition) is 5. The number of aryl methyl sites for hydroxylation is 1. The van der Waals surface area contributed by atoms with Gasteiger partial charge in [-0.05, 0) is 36.2 Å². The third-order valence-corrected chi connectivity index (χ3v) is 3.98. The Labute approximate surface area is 153 Å². The van der Waals surface area contributed by atoms with Crippen LogP contribution in [0.25, 0.3) is 16.9 Å². The van der Waals surface area contributed by atoms with E-state index >= 15 is 0 Å². The first-order valence-corrected chi connectivity index (χ1v) is 7.98. The molecule has 0 saturated carbocycles. The van der Waals surface area contributed by atoms with Crippen molar-refractivity contribution in [3.8, 4) is 16.9 Å². The normalized spacial score (nSPS) is 10.7. The average molecular weight is 373 g/mol. The van der Waals surface area contributed by atoms with E-state index in [1.165, 1.54) is 13.3 Å². The highest BCUT2D eigenvalue weighted by molar-refractivity contribution is 5.67. The van der Waals surface area contributed by atoms with Gasteiger partial charge in [-0.2, -0.15) is 5.10 Å². The molecule has 0 unspecified atom stereocenters. The molecule has 1 amide bonds. The van der Waals surface area contributed by atoms with Crippen LogP contribution in [0.2, 0.25) is 0 Å². The second kappa shape index (κ2) is 7.40. The van der Waals surface area contributed by atoms with Gasteiger partial charge in [0.15, 0.2) is 17.3 Å². The van der Waals surface area contributed by atoms with Crippen LogP contribution in [0.3, 0.4) is 0 Å². The predicted octanol–water partition coefficient (Wildman–Crippen LogP) is 2.96. The molecule has 0 atom stereocenters. The molecule has 0 radical (unpaired) electrons. The average Bonchev–Trinajstić information content (AvgIpc) is 3.09. The van der Waals surface area contributed by atoms with Crippen molar-refractivity contribution in [1.29, 1.82) is 0 Å². The third-order valence-electron chi connectivity index (χ3n) is 3.98. The van der Waals surface area contributed by atoms with Gasteiger partial charge < -0.3 is 15.8 Å². The number of methoxy groups -OCH3 is 1. The Morgan fingerprint density at radius 3 is 2.63 bits per heavy atom. The minimum atomic E-state index is -0.860. The second-order valence-corrected chi connectivity index (χ2v) is 5.84. The summed E-state index contributed by atoms with van der Waals surface area (Å²) in [5.41, 5.74) is 7.90. The fraction of sp³-hybridized carbons (Fsp3) is 0.167. The Morgan fingerprint density at radius 1 is 1.26 bits per heavy atom. The fourth-order valence-corrected chi connectivity index (χ4v) is 2.54. The Kier molecular flexibility index (Phi) is 5.02. The first kappa shape index (κ1) is 18.3. The molecule has 140 valence electrons. The number of alkyl carbamates (subject to hydrolysis) is 1. The van der Waals surface area contributed by atoms with Crippen LogP contribution in [-0.4, -0.2) is 28.2 Å². The predicted molar refractivity (Wildman–Crippen MR) is 95.1 cm³/mol. The van der Waals surface area contributed by atoms with Crippen LogP contribution in [0.5, 0.6) is 0 Å². The Bertz CT molecular complexity index is 980. The second-order valence-electron chi connectivity index (χ2n) is 5.84. The van der Waals surface area contributed by atoms with E-state index in [-0.39, 0.29) is 12.2 Å². The van der Waals surface area contributed by atoms with E-state index in [1.54, 1.807) is 6.07 Å². The molecule has 0 aliphatic heterocycles. The molecule has 3 N–H and O–H groups in total. The van der Waals surface area contributed by atoms with Crippen molar-refractivity contribution >= 4 is 11.8 Å². The largest absolute Gasteiger partial charge is 0.453 e. The number of rotatable bonds is 4. The summed E-state index contributed by atoms with van der Waals surface area (Å²) in [4.78, 5) is 12.1. The quantitative estimate of drug-likeness (QED) is 0.686. The monoisotopic (exact) mass is 373 g/mol. The van der Waals surface area contributed by atoms with E-state index in [1.807, 2.05) is 19.1 Å². The molecule has 0 aliphatic carbocycles. The number of anilines is 1. The lowest BCUT2D eigenvalue weighted by Gasteiger charge is -2.09. The molecular formula is C18H17F2N5O2. The molecule has 3 aromatic rings. The van der Waals surface area contributed by atoms with Gasteiger partial charge in [0, 0.05) is 17.8 Å². The SMILES string of the molecule is COC(=O)NCc1cc(-c2cnn(-c3c(F)cc(N)cc3F)n2)ccc1C. The van der Waals surface area contributed by atoms with Crippen LogP contribution < -0.4 is 11.1 Å². The van der Waals surface area contributed by atoms with E-state index < -0.39 is 23.4 Å². The van der Waals surface area contributed by atoms with Gasteiger partial charge in [0.2, 0.25) is 0 Å². The van der Waals surface area contributed by atoms with Crippen LogP contribution in [0.15, 0.2) is 36.5 Å².